The Morgan fingerprint density at radius 3 is 2.59 bits per heavy atom. The van der Waals surface area contributed by atoms with Crippen LogP contribution in [0.2, 0.25) is 0 Å². The highest BCUT2D eigenvalue weighted by atomic mass is 19.1. The molecule has 1 atom stereocenters. The maximum Gasteiger partial charge on any atom is 0.248 e. The number of benzene rings is 2. The predicted molar refractivity (Wildman–Crippen MR) is 109 cm³/mol. The van der Waals surface area contributed by atoms with Crippen LogP contribution in [0.4, 0.5) is 10.1 Å². The van der Waals surface area contributed by atoms with E-state index in [0.29, 0.717) is 19.7 Å². The molecule has 0 radical (unpaired) electrons. The van der Waals surface area contributed by atoms with Crippen LogP contribution in [-0.2, 0) is 20.9 Å². The second-order valence-corrected chi connectivity index (χ2v) is 7.78. The third-order valence-electron chi connectivity index (χ3n) is 6.21. The van der Waals surface area contributed by atoms with Gasteiger partial charge in [0.25, 0.3) is 0 Å². The van der Waals surface area contributed by atoms with E-state index in [4.69, 9.17) is 9.47 Å². The fourth-order valence-electron chi connectivity index (χ4n) is 4.54. The van der Waals surface area contributed by atoms with E-state index in [9.17, 15) is 9.18 Å². The molecule has 2 aliphatic rings. The minimum Gasteiger partial charge on any atom is -0.377 e. The highest BCUT2D eigenvalue weighted by Gasteiger charge is 2.55. The summed E-state index contributed by atoms with van der Waals surface area (Å²) >= 11 is 0. The third kappa shape index (κ3) is 4.00. The lowest BCUT2D eigenvalue weighted by Crippen LogP contribution is -2.74. The molecule has 2 heterocycles. The maximum atomic E-state index is 13.7. The van der Waals surface area contributed by atoms with Gasteiger partial charge in [-0.3, -0.25) is 4.79 Å². The first-order valence-electron chi connectivity index (χ1n) is 10.1. The second kappa shape index (κ2) is 8.51. The molecule has 6 heteroatoms. The predicted octanol–water partition coefficient (Wildman–Crippen LogP) is 3.24. The van der Waals surface area contributed by atoms with Crippen molar-refractivity contribution >= 4 is 11.6 Å². The standard InChI is InChI=1S/C23H27FN2O3/c1-28-21-15-26(20-9-5-8-19(24)14-20)23(21)10-12-25(13-11-23)22(27)17-29-16-18-6-3-2-4-7-18/h2-9,14,21H,10-13,15-17H2,1H3. The summed E-state index contributed by atoms with van der Waals surface area (Å²) in [6.45, 7) is 2.57. The molecule has 4 rings (SSSR count). The molecule has 1 unspecified atom stereocenters. The molecule has 0 saturated carbocycles. The number of hydrogen-bond donors (Lipinski definition) is 0. The quantitative estimate of drug-likeness (QED) is 0.749. The monoisotopic (exact) mass is 398 g/mol. The van der Waals surface area contributed by atoms with Gasteiger partial charge in [-0.15, -0.1) is 0 Å². The number of methoxy groups -OCH3 is 1. The largest absolute Gasteiger partial charge is 0.377 e. The van der Waals surface area contributed by atoms with Crippen LogP contribution in [0.25, 0.3) is 0 Å². The lowest BCUT2D eigenvalue weighted by molar-refractivity contribution is -0.140. The van der Waals surface area contributed by atoms with Crippen molar-refractivity contribution in [2.75, 3.05) is 38.3 Å². The molecule has 2 fully saturated rings. The van der Waals surface area contributed by atoms with Crippen LogP contribution >= 0.6 is 0 Å². The molecule has 154 valence electrons. The molecule has 2 aromatic rings. The van der Waals surface area contributed by atoms with Gasteiger partial charge in [-0.25, -0.2) is 4.39 Å². The number of piperidine rings is 1. The van der Waals surface area contributed by atoms with Crippen LogP contribution in [0.1, 0.15) is 18.4 Å². The van der Waals surface area contributed by atoms with Gasteiger partial charge in [0.1, 0.15) is 12.4 Å². The van der Waals surface area contributed by atoms with Crippen molar-refractivity contribution in [3.63, 3.8) is 0 Å². The number of carbonyl (C=O) groups is 1. The molecule has 2 aromatic carbocycles. The summed E-state index contributed by atoms with van der Waals surface area (Å²) in [5, 5.41) is 0. The number of rotatable bonds is 6. The Morgan fingerprint density at radius 1 is 1.14 bits per heavy atom. The van der Waals surface area contributed by atoms with Gasteiger partial charge in [-0.1, -0.05) is 36.4 Å². The van der Waals surface area contributed by atoms with E-state index >= 15 is 0 Å². The smallest absolute Gasteiger partial charge is 0.248 e. The highest BCUT2D eigenvalue weighted by molar-refractivity contribution is 5.77. The zero-order valence-electron chi connectivity index (χ0n) is 16.7. The number of nitrogens with zero attached hydrogens (tertiary/aromatic N) is 2. The zero-order chi connectivity index (χ0) is 20.3. The Morgan fingerprint density at radius 2 is 1.90 bits per heavy atom. The molecular weight excluding hydrogens is 371 g/mol. The van der Waals surface area contributed by atoms with E-state index in [0.717, 1.165) is 30.6 Å². The average molecular weight is 398 g/mol. The van der Waals surface area contributed by atoms with Crippen molar-refractivity contribution < 1.29 is 18.7 Å². The summed E-state index contributed by atoms with van der Waals surface area (Å²) in [5.74, 6) is -0.219. The number of hydrogen-bond acceptors (Lipinski definition) is 4. The van der Waals surface area contributed by atoms with Gasteiger partial charge in [0.05, 0.1) is 18.2 Å². The fraction of sp³-hybridized carbons (Fsp3) is 0.435. The van der Waals surface area contributed by atoms with E-state index < -0.39 is 0 Å². The van der Waals surface area contributed by atoms with Gasteiger partial charge in [0.15, 0.2) is 0 Å². The van der Waals surface area contributed by atoms with Crippen LogP contribution in [-0.4, -0.2) is 55.8 Å². The van der Waals surface area contributed by atoms with E-state index in [1.54, 1.807) is 19.2 Å². The number of amides is 1. The molecule has 5 nitrogen and oxygen atoms in total. The summed E-state index contributed by atoms with van der Waals surface area (Å²) in [6.07, 6.45) is 1.69. The third-order valence-corrected chi connectivity index (χ3v) is 6.21. The first-order valence-corrected chi connectivity index (χ1v) is 10.1. The number of carbonyl (C=O) groups excluding carboxylic acids is 1. The first-order chi connectivity index (χ1) is 14.1. The van der Waals surface area contributed by atoms with E-state index in [-0.39, 0.29) is 30.0 Å². The normalized spacial score (nSPS) is 20.6. The number of anilines is 1. The SMILES string of the molecule is COC1CN(c2cccc(F)c2)C12CCN(C(=O)COCc1ccccc1)CC2. The Bertz CT molecular complexity index is 837. The minimum atomic E-state index is -0.235. The van der Waals surface area contributed by atoms with Crippen LogP contribution < -0.4 is 4.90 Å². The van der Waals surface area contributed by atoms with E-state index in [1.165, 1.54) is 6.07 Å². The summed E-state index contributed by atoms with van der Waals surface area (Å²) < 4.78 is 25.0. The number of ether oxygens (including phenoxy) is 2. The Kier molecular flexibility index (Phi) is 5.83. The van der Waals surface area contributed by atoms with Crippen molar-refractivity contribution in [2.24, 2.45) is 0 Å². The van der Waals surface area contributed by atoms with Crippen LogP contribution in [0, 0.1) is 5.82 Å². The highest BCUT2D eigenvalue weighted by Crippen LogP contribution is 2.44. The van der Waals surface area contributed by atoms with Crippen molar-refractivity contribution in [3.8, 4) is 0 Å². The molecule has 0 aromatic heterocycles. The number of halogens is 1. The molecule has 0 N–H and O–H groups in total. The van der Waals surface area contributed by atoms with Gasteiger partial charge >= 0.3 is 0 Å². The molecule has 0 aliphatic carbocycles. The molecule has 2 saturated heterocycles. The topological polar surface area (TPSA) is 42.0 Å². The van der Waals surface area contributed by atoms with E-state index in [1.807, 2.05) is 41.3 Å². The van der Waals surface area contributed by atoms with Gasteiger partial charge < -0.3 is 19.3 Å². The molecule has 0 bridgehead atoms. The lowest BCUT2D eigenvalue weighted by atomic mass is 9.73. The van der Waals surface area contributed by atoms with Crippen molar-refractivity contribution in [3.05, 3.63) is 66.0 Å². The van der Waals surface area contributed by atoms with Crippen molar-refractivity contribution in [2.45, 2.75) is 31.1 Å². The second-order valence-electron chi connectivity index (χ2n) is 7.78. The Hall–Kier alpha value is -2.44. The van der Waals surface area contributed by atoms with Crippen molar-refractivity contribution in [1.29, 1.82) is 0 Å². The summed E-state index contributed by atoms with van der Waals surface area (Å²) in [4.78, 5) is 16.7. The summed E-state index contributed by atoms with van der Waals surface area (Å²) in [5.41, 5.74) is 1.76. The first kappa shape index (κ1) is 19.9. The number of likely N-dealkylation sites (tertiary alicyclic amines) is 1. The summed E-state index contributed by atoms with van der Waals surface area (Å²) in [6, 6.07) is 16.5. The van der Waals surface area contributed by atoms with Gasteiger partial charge in [-0.05, 0) is 36.6 Å². The average Bonchev–Trinajstić information content (AvgIpc) is 2.74. The Balaban J connectivity index is 1.33. The maximum absolute atomic E-state index is 13.7. The van der Waals surface area contributed by atoms with Crippen molar-refractivity contribution in [1.82, 2.24) is 4.90 Å². The molecule has 29 heavy (non-hydrogen) atoms. The van der Waals surface area contributed by atoms with Gasteiger partial charge in [-0.2, -0.15) is 0 Å². The molecular formula is C23H27FN2O3. The van der Waals surface area contributed by atoms with Gasteiger partial charge in [0.2, 0.25) is 5.91 Å². The van der Waals surface area contributed by atoms with Crippen LogP contribution in [0.5, 0.6) is 0 Å². The molecule has 1 amide bonds. The zero-order valence-corrected chi connectivity index (χ0v) is 16.7. The molecule has 1 spiro atoms. The van der Waals surface area contributed by atoms with Gasteiger partial charge in [0, 0.05) is 32.4 Å². The fourth-order valence-corrected chi connectivity index (χ4v) is 4.54. The summed E-state index contributed by atoms with van der Waals surface area (Å²) in [7, 11) is 1.73. The van der Waals surface area contributed by atoms with E-state index in [2.05, 4.69) is 4.90 Å². The minimum absolute atomic E-state index is 0.0152. The lowest BCUT2D eigenvalue weighted by Gasteiger charge is -2.61. The molecule has 2 aliphatic heterocycles. The van der Waals surface area contributed by atoms with Crippen LogP contribution in [0.3, 0.4) is 0 Å². The Labute approximate surface area is 171 Å². The van der Waals surface area contributed by atoms with Crippen LogP contribution in [0.15, 0.2) is 54.6 Å².